The van der Waals surface area contributed by atoms with Crippen LogP contribution in [0.1, 0.15) is 43.7 Å². The highest BCUT2D eigenvalue weighted by Crippen LogP contribution is 2.32. The van der Waals surface area contributed by atoms with Gasteiger partial charge in [-0.2, -0.15) is 0 Å². The van der Waals surface area contributed by atoms with Gasteiger partial charge in [0.25, 0.3) is 0 Å². The lowest BCUT2D eigenvalue weighted by Gasteiger charge is -2.16. The molecule has 0 unspecified atom stereocenters. The van der Waals surface area contributed by atoms with Crippen LogP contribution < -0.4 is 10.5 Å². The minimum Gasteiger partial charge on any atom is -0.403 e. The summed E-state index contributed by atoms with van der Waals surface area (Å²) in [6.07, 6.45) is -3.10. The number of hydrogen-bond donors (Lipinski definition) is 1. The number of aryl methyl sites for hydroxylation is 1. The van der Waals surface area contributed by atoms with Gasteiger partial charge in [0, 0.05) is 13.2 Å². The maximum absolute atomic E-state index is 14.1. The Bertz CT molecular complexity index is 504. The van der Waals surface area contributed by atoms with E-state index in [0.717, 1.165) is 6.07 Å². The summed E-state index contributed by atoms with van der Waals surface area (Å²) in [7, 11) is 1.55. The van der Waals surface area contributed by atoms with Crippen molar-refractivity contribution in [3.8, 4) is 5.75 Å². The Morgan fingerprint density at radius 2 is 1.87 bits per heavy atom. The highest BCUT2D eigenvalue weighted by atomic mass is 19.4. The molecule has 0 spiro atoms. The van der Waals surface area contributed by atoms with E-state index < -0.39 is 17.9 Å². The predicted octanol–water partition coefficient (Wildman–Crippen LogP) is 4.14. The molecule has 0 bridgehead atoms. The van der Waals surface area contributed by atoms with Crippen molar-refractivity contribution in [2.75, 3.05) is 13.7 Å². The lowest BCUT2D eigenvalue weighted by atomic mass is 9.96. The molecule has 0 aliphatic heterocycles. The minimum absolute atomic E-state index is 0.129. The van der Waals surface area contributed by atoms with Crippen molar-refractivity contribution in [3.05, 3.63) is 29.1 Å². The second-order valence-corrected chi connectivity index (χ2v) is 5.81. The van der Waals surface area contributed by atoms with Crippen molar-refractivity contribution in [3.63, 3.8) is 0 Å². The lowest BCUT2D eigenvalue weighted by Crippen LogP contribution is -2.25. The molecule has 0 aromatic heterocycles. The summed E-state index contributed by atoms with van der Waals surface area (Å²) < 4.78 is 60.1. The molecule has 2 N–H and O–H groups in total. The molecule has 0 aliphatic carbocycles. The quantitative estimate of drug-likeness (QED) is 0.725. The van der Waals surface area contributed by atoms with Crippen LogP contribution in [0.15, 0.2) is 12.1 Å². The molecule has 7 heteroatoms. The van der Waals surface area contributed by atoms with Crippen LogP contribution in [0, 0.1) is 5.82 Å². The van der Waals surface area contributed by atoms with Crippen molar-refractivity contribution in [2.24, 2.45) is 5.73 Å². The van der Waals surface area contributed by atoms with Gasteiger partial charge in [-0.3, -0.25) is 0 Å². The first kappa shape index (κ1) is 19.7. The maximum Gasteiger partial charge on any atom is 0.573 e. The van der Waals surface area contributed by atoms with E-state index in [1.165, 1.54) is 0 Å². The number of rotatable bonds is 8. The van der Waals surface area contributed by atoms with Crippen molar-refractivity contribution in [1.82, 2.24) is 0 Å². The van der Waals surface area contributed by atoms with Crippen LogP contribution in [0.4, 0.5) is 17.6 Å². The van der Waals surface area contributed by atoms with Crippen molar-refractivity contribution >= 4 is 0 Å². The van der Waals surface area contributed by atoms with Gasteiger partial charge < -0.3 is 15.2 Å². The van der Waals surface area contributed by atoms with Crippen LogP contribution in [0.3, 0.4) is 0 Å². The summed E-state index contributed by atoms with van der Waals surface area (Å²) in [4.78, 5) is 0. The number of ether oxygens (including phenoxy) is 2. The number of nitrogens with two attached hydrogens (primary N) is 1. The van der Waals surface area contributed by atoms with E-state index in [2.05, 4.69) is 4.74 Å². The number of benzene rings is 1. The van der Waals surface area contributed by atoms with E-state index in [-0.39, 0.29) is 17.5 Å². The molecule has 3 nitrogen and oxygen atoms in total. The Hall–Kier alpha value is -1.34. The molecule has 1 aromatic carbocycles. The summed E-state index contributed by atoms with van der Waals surface area (Å²) in [6, 6.07) is 2.57. The molecule has 1 atom stereocenters. The van der Waals surface area contributed by atoms with E-state index >= 15 is 0 Å². The van der Waals surface area contributed by atoms with E-state index in [1.54, 1.807) is 27.0 Å². The molecule has 0 saturated heterocycles. The Morgan fingerprint density at radius 1 is 1.22 bits per heavy atom. The third kappa shape index (κ3) is 6.74. The Morgan fingerprint density at radius 3 is 2.39 bits per heavy atom. The summed E-state index contributed by atoms with van der Waals surface area (Å²) >= 11 is 0. The average molecular weight is 337 g/mol. The van der Waals surface area contributed by atoms with Gasteiger partial charge in [-0.1, -0.05) is 19.9 Å². The molecule has 0 fully saturated rings. The Labute approximate surface area is 133 Å². The Balaban J connectivity index is 2.90. The molecule has 0 radical (unpaired) electrons. The molecular weight excluding hydrogens is 314 g/mol. The first-order valence-electron chi connectivity index (χ1n) is 7.46. The van der Waals surface area contributed by atoms with Crippen LogP contribution in [0.5, 0.6) is 5.75 Å². The summed E-state index contributed by atoms with van der Waals surface area (Å²) in [5, 5.41) is 0. The van der Waals surface area contributed by atoms with Crippen LogP contribution in [0.25, 0.3) is 0 Å². The van der Waals surface area contributed by atoms with Gasteiger partial charge in [-0.05, 0) is 42.4 Å². The summed E-state index contributed by atoms with van der Waals surface area (Å²) in [5.74, 6) is -1.99. The summed E-state index contributed by atoms with van der Waals surface area (Å²) in [6.45, 7) is 3.85. The first-order valence-corrected chi connectivity index (χ1v) is 7.46. The molecule has 0 aliphatic rings. The van der Waals surface area contributed by atoms with Crippen LogP contribution in [-0.2, 0) is 11.2 Å². The van der Waals surface area contributed by atoms with Gasteiger partial charge in [-0.25, -0.2) is 4.39 Å². The first-order chi connectivity index (χ1) is 10.6. The largest absolute Gasteiger partial charge is 0.573 e. The molecular formula is C16H23F4NO2. The highest BCUT2D eigenvalue weighted by molar-refractivity contribution is 5.38. The molecule has 0 amide bonds. The second-order valence-electron chi connectivity index (χ2n) is 5.81. The van der Waals surface area contributed by atoms with Gasteiger partial charge in [0.15, 0.2) is 11.6 Å². The standard InChI is InChI=1S/C16H23F4NO2/c1-10(2)13-7-11(5-4-6-12(21)9-22-3)8-14(15(13)17)23-16(18,19)20/h7-8,10,12H,4-6,9,21H2,1-3H3/t12-/m1/s1. The average Bonchev–Trinajstić information content (AvgIpc) is 2.40. The van der Waals surface area contributed by atoms with E-state index in [4.69, 9.17) is 10.5 Å². The third-order valence-corrected chi connectivity index (χ3v) is 3.40. The summed E-state index contributed by atoms with van der Waals surface area (Å²) in [5.41, 5.74) is 6.61. The smallest absolute Gasteiger partial charge is 0.403 e. The van der Waals surface area contributed by atoms with Gasteiger partial charge >= 0.3 is 6.36 Å². The number of methoxy groups -OCH3 is 1. The number of hydrogen-bond acceptors (Lipinski definition) is 3. The van der Waals surface area contributed by atoms with Gasteiger partial charge in [0.2, 0.25) is 0 Å². The van der Waals surface area contributed by atoms with Gasteiger partial charge in [0.1, 0.15) is 0 Å². The van der Waals surface area contributed by atoms with Gasteiger partial charge in [-0.15, -0.1) is 13.2 Å². The van der Waals surface area contributed by atoms with Gasteiger partial charge in [0.05, 0.1) is 6.61 Å². The SMILES string of the molecule is COC[C@H](N)CCCc1cc(OC(F)(F)F)c(F)c(C(C)C)c1. The molecule has 132 valence electrons. The molecule has 1 aromatic rings. The van der Waals surface area contributed by atoms with E-state index in [1.807, 2.05) is 0 Å². The van der Waals surface area contributed by atoms with Crippen molar-refractivity contribution in [2.45, 2.75) is 51.4 Å². The monoisotopic (exact) mass is 337 g/mol. The Kier molecular flexibility index (Phi) is 7.28. The van der Waals surface area contributed by atoms with Crippen LogP contribution in [0.2, 0.25) is 0 Å². The zero-order valence-corrected chi connectivity index (χ0v) is 13.5. The van der Waals surface area contributed by atoms with E-state index in [9.17, 15) is 17.6 Å². The molecule has 0 saturated carbocycles. The maximum atomic E-state index is 14.1. The zero-order valence-electron chi connectivity index (χ0n) is 13.5. The predicted molar refractivity (Wildman–Crippen MR) is 80.0 cm³/mol. The van der Waals surface area contributed by atoms with E-state index in [0.29, 0.717) is 31.4 Å². The molecule has 1 rings (SSSR count). The second kappa shape index (κ2) is 8.49. The fraction of sp³-hybridized carbons (Fsp3) is 0.625. The number of halogens is 4. The van der Waals surface area contributed by atoms with Crippen LogP contribution >= 0.6 is 0 Å². The molecule has 23 heavy (non-hydrogen) atoms. The van der Waals surface area contributed by atoms with Crippen molar-refractivity contribution < 1.29 is 27.0 Å². The zero-order chi connectivity index (χ0) is 17.6. The van der Waals surface area contributed by atoms with Crippen molar-refractivity contribution in [1.29, 1.82) is 0 Å². The molecule has 0 heterocycles. The normalized spacial score (nSPS) is 13.4. The highest BCUT2D eigenvalue weighted by Gasteiger charge is 2.33. The minimum atomic E-state index is -4.92. The van der Waals surface area contributed by atoms with Crippen LogP contribution in [-0.4, -0.2) is 26.1 Å². The topological polar surface area (TPSA) is 44.5 Å². The number of alkyl halides is 3. The lowest BCUT2D eigenvalue weighted by molar-refractivity contribution is -0.275. The third-order valence-electron chi connectivity index (χ3n) is 3.40. The fourth-order valence-electron chi connectivity index (χ4n) is 2.31. The fourth-order valence-corrected chi connectivity index (χ4v) is 2.31.